The summed E-state index contributed by atoms with van der Waals surface area (Å²) in [7, 11) is 0. The van der Waals surface area contributed by atoms with Gasteiger partial charge in [0.1, 0.15) is 5.75 Å². The maximum absolute atomic E-state index is 14.1. The first kappa shape index (κ1) is 20.6. The number of ether oxygens (including phenoxy) is 1. The summed E-state index contributed by atoms with van der Waals surface area (Å²) in [5.41, 5.74) is 3.85. The Kier molecular flexibility index (Phi) is 5.98. The molecule has 1 atom stereocenters. The van der Waals surface area contributed by atoms with Gasteiger partial charge in [-0.05, 0) is 79.4 Å². The summed E-state index contributed by atoms with van der Waals surface area (Å²) in [6.45, 7) is 1.84. The van der Waals surface area contributed by atoms with E-state index in [1.165, 1.54) is 35.7 Å². The van der Waals surface area contributed by atoms with Crippen molar-refractivity contribution in [3.8, 4) is 11.5 Å². The average Bonchev–Trinajstić information content (AvgIpc) is 2.76. The van der Waals surface area contributed by atoms with Gasteiger partial charge in [-0.25, -0.2) is 9.18 Å². The van der Waals surface area contributed by atoms with Gasteiger partial charge in [-0.3, -0.25) is 4.98 Å². The molecule has 1 aliphatic carbocycles. The molecule has 0 saturated carbocycles. The standard InChI is InChI=1S/C25H23FN2O3/c1-16-5-8-24(22(26)13-16)31-19-6-7-20-17(3-2-4-18(20)14-19)9-12-28-23-15-27-11-10-21(23)25(29)30/h5-15,17,28H,2-4H2,1H3,(H,29,30)/b12-9+. The second kappa shape index (κ2) is 9.00. The minimum Gasteiger partial charge on any atom is -0.478 e. The number of pyridine rings is 1. The Bertz CT molecular complexity index is 1140. The second-order valence-electron chi connectivity index (χ2n) is 7.63. The highest BCUT2D eigenvalue weighted by Crippen LogP contribution is 2.36. The van der Waals surface area contributed by atoms with Crippen LogP contribution in [-0.4, -0.2) is 16.1 Å². The highest BCUT2D eigenvalue weighted by molar-refractivity contribution is 5.94. The summed E-state index contributed by atoms with van der Waals surface area (Å²) in [5, 5.41) is 12.3. The van der Waals surface area contributed by atoms with Crippen LogP contribution < -0.4 is 10.1 Å². The van der Waals surface area contributed by atoms with E-state index >= 15 is 0 Å². The molecule has 0 aliphatic heterocycles. The third kappa shape index (κ3) is 4.74. The van der Waals surface area contributed by atoms with Gasteiger partial charge in [0.25, 0.3) is 0 Å². The van der Waals surface area contributed by atoms with Gasteiger partial charge in [0, 0.05) is 12.1 Å². The zero-order valence-corrected chi connectivity index (χ0v) is 17.1. The van der Waals surface area contributed by atoms with Crippen LogP contribution in [0.2, 0.25) is 0 Å². The van der Waals surface area contributed by atoms with E-state index in [-0.39, 0.29) is 23.0 Å². The maximum atomic E-state index is 14.1. The molecule has 0 amide bonds. The van der Waals surface area contributed by atoms with Crippen LogP contribution in [0.25, 0.3) is 0 Å². The summed E-state index contributed by atoms with van der Waals surface area (Å²) >= 11 is 0. The number of nitrogens with one attached hydrogen (secondary N) is 1. The SMILES string of the molecule is Cc1ccc(Oc2ccc3c(c2)CCCC3/C=C/Nc2cnccc2C(=O)O)c(F)c1. The Hall–Kier alpha value is -3.67. The molecule has 4 rings (SSSR count). The van der Waals surface area contributed by atoms with E-state index in [0.29, 0.717) is 11.4 Å². The molecule has 0 spiro atoms. The first-order chi connectivity index (χ1) is 15.0. The Labute approximate surface area is 180 Å². The van der Waals surface area contributed by atoms with Crippen molar-refractivity contribution in [3.63, 3.8) is 0 Å². The molecule has 1 aliphatic rings. The smallest absolute Gasteiger partial charge is 0.337 e. The van der Waals surface area contributed by atoms with Gasteiger partial charge in [-0.1, -0.05) is 18.2 Å². The largest absolute Gasteiger partial charge is 0.478 e. The highest BCUT2D eigenvalue weighted by Gasteiger charge is 2.19. The lowest BCUT2D eigenvalue weighted by molar-refractivity contribution is 0.0698. The van der Waals surface area contributed by atoms with Crippen LogP contribution in [0.15, 0.2) is 67.1 Å². The molecule has 3 aromatic rings. The average molecular weight is 418 g/mol. The number of aromatic carboxylic acids is 1. The number of carboxylic acid groups (broad SMARTS) is 1. The van der Waals surface area contributed by atoms with Crippen molar-refractivity contribution in [2.45, 2.75) is 32.1 Å². The molecule has 5 nitrogen and oxygen atoms in total. The number of carboxylic acids is 1. The number of hydrogen-bond donors (Lipinski definition) is 2. The molecule has 31 heavy (non-hydrogen) atoms. The number of aromatic nitrogens is 1. The number of anilines is 1. The Morgan fingerprint density at radius 3 is 2.94 bits per heavy atom. The molecule has 6 heteroatoms. The number of fused-ring (bicyclic) bond motifs is 1. The van der Waals surface area contributed by atoms with Crippen molar-refractivity contribution in [2.75, 3.05) is 5.32 Å². The van der Waals surface area contributed by atoms with Crippen molar-refractivity contribution < 1.29 is 19.0 Å². The molecular weight excluding hydrogens is 395 g/mol. The summed E-state index contributed by atoms with van der Waals surface area (Å²) in [6, 6.07) is 12.3. The van der Waals surface area contributed by atoms with Crippen LogP contribution >= 0.6 is 0 Å². The fourth-order valence-electron chi connectivity index (χ4n) is 3.86. The lowest BCUT2D eigenvalue weighted by Gasteiger charge is -2.24. The van der Waals surface area contributed by atoms with Crippen LogP contribution in [0.1, 0.15) is 45.8 Å². The molecule has 1 aromatic heterocycles. The van der Waals surface area contributed by atoms with E-state index in [1.807, 2.05) is 37.3 Å². The van der Waals surface area contributed by atoms with E-state index in [1.54, 1.807) is 12.3 Å². The fourth-order valence-corrected chi connectivity index (χ4v) is 3.86. The highest BCUT2D eigenvalue weighted by atomic mass is 19.1. The van der Waals surface area contributed by atoms with E-state index in [2.05, 4.69) is 10.3 Å². The summed E-state index contributed by atoms with van der Waals surface area (Å²) in [6.07, 6.45) is 9.72. The minimum atomic E-state index is -1.00. The Morgan fingerprint density at radius 1 is 1.26 bits per heavy atom. The first-order valence-electron chi connectivity index (χ1n) is 10.2. The maximum Gasteiger partial charge on any atom is 0.337 e. The number of allylic oxidation sites excluding steroid dienone is 1. The Morgan fingerprint density at radius 2 is 2.13 bits per heavy atom. The molecule has 0 bridgehead atoms. The minimum absolute atomic E-state index is 0.175. The number of carbonyl (C=O) groups is 1. The molecule has 0 fully saturated rings. The molecule has 158 valence electrons. The summed E-state index contributed by atoms with van der Waals surface area (Å²) in [4.78, 5) is 15.3. The van der Waals surface area contributed by atoms with Crippen molar-refractivity contribution in [2.24, 2.45) is 0 Å². The lowest BCUT2D eigenvalue weighted by atomic mass is 9.83. The van der Waals surface area contributed by atoms with Gasteiger partial charge in [-0.2, -0.15) is 0 Å². The molecule has 2 N–H and O–H groups in total. The molecule has 1 heterocycles. The van der Waals surface area contributed by atoms with Crippen LogP contribution in [0.5, 0.6) is 11.5 Å². The summed E-state index contributed by atoms with van der Waals surface area (Å²) < 4.78 is 19.9. The topological polar surface area (TPSA) is 71.5 Å². The van der Waals surface area contributed by atoms with E-state index in [9.17, 15) is 14.3 Å². The number of rotatable bonds is 6. The molecule has 1 unspecified atom stereocenters. The van der Waals surface area contributed by atoms with Crippen LogP contribution in [0.3, 0.4) is 0 Å². The zero-order chi connectivity index (χ0) is 21.8. The Balaban J connectivity index is 1.49. The predicted octanol–water partition coefficient (Wildman–Crippen LogP) is 6.07. The third-order valence-corrected chi connectivity index (χ3v) is 5.41. The van der Waals surface area contributed by atoms with Crippen LogP contribution in [-0.2, 0) is 6.42 Å². The number of nitrogens with zero attached hydrogens (tertiary/aromatic N) is 1. The second-order valence-corrected chi connectivity index (χ2v) is 7.63. The molecular formula is C25H23FN2O3. The fraction of sp³-hybridized carbons (Fsp3) is 0.200. The number of halogens is 1. The van der Waals surface area contributed by atoms with Gasteiger partial charge in [0.15, 0.2) is 11.6 Å². The third-order valence-electron chi connectivity index (χ3n) is 5.41. The van der Waals surface area contributed by atoms with Crippen LogP contribution in [0, 0.1) is 12.7 Å². The van der Waals surface area contributed by atoms with Crippen molar-refractivity contribution >= 4 is 11.7 Å². The van der Waals surface area contributed by atoms with E-state index < -0.39 is 5.97 Å². The first-order valence-corrected chi connectivity index (χ1v) is 10.2. The van der Waals surface area contributed by atoms with Crippen LogP contribution in [0.4, 0.5) is 10.1 Å². The van der Waals surface area contributed by atoms with Gasteiger partial charge in [-0.15, -0.1) is 0 Å². The van der Waals surface area contributed by atoms with Crippen molar-refractivity contribution in [1.29, 1.82) is 0 Å². The number of benzene rings is 2. The van der Waals surface area contributed by atoms with Gasteiger partial charge < -0.3 is 15.2 Å². The van der Waals surface area contributed by atoms with E-state index in [0.717, 1.165) is 24.8 Å². The molecule has 2 aromatic carbocycles. The van der Waals surface area contributed by atoms with Gasteiger partial charge in [0.2, 0.25) is 0 Å². The van der Waals surface area contributed by atoms with E-state index in [4.69, 9.17) is 4.74 Å². The van der Waals surface area contributed by atoms with Crippen molar-refractivity contribution in [3.05, 3.63) is 95.2 Å². The molecule has 0 radical (unpaired) electrons. The monoisotopic (exact) mass is 418 g/mol. The van der Waals surface area contributed by atoms with Gasteiger partial charge in [0.05, 0.1) is 17.4 Å². The predicted molar refractivity (Wildman–Crippen MR) is 117 cm³/mol. The number of hydrogen-bond acceptors (Lipinski definition) is 4. The van der Waals surface area contributed by atoms with Crippen molar-refractivity contribution in [1.82, 2.24) is 4.98 Å². The lowest BCUT2D eigenvalue weighted by Crippen LogP contribution is -2.09. The molecule has 0 saturated heterocycles. The quantitative estimate of drug-likeness (QED) is 0.509. The normalized spacial score (nSPS) is 15.5. The zero-order valence-electron chi connectivity index (χ0n) is 17.1. The van der Waals surface area contributed by atoms with Gasteiger partial charge >= 0.3 is 5.97 Å². The summed E-state index contributed by atoms with van der Waals surface area (Å²) in [5.74, 6) is -0.343. The number of aryl methyl sites for hydroxylation is 2.